The van der Waals surface area contributed by atoms with Crippen molar-refractivity contribution in [3.05, 3.63) is 58.6 Å². The fourth-order valence-corrected chi connectivity index (χ4v) is 2.41. The number of anilines is 2. The highest BCUT2D eigenvalue weighted by molar-refractivity contribution is 9.10. The number of hydrogen-bond donors (Lipinski definition) is 2. The van der Waals surface area contributed by atoms with E-state index in [1.54, 1.807) is 30.3 Å². The zero-order valence-electron chi connectivity index (χ0n) is 12.2. The highest BCUT2D eigenvalue weighted by Crippen LogP contribution is 2.26. The molecule has 114 valence electrons. The van der Waals surface area contributed by atoms with E-state index in [1.807, 2.05) is 25.1 Å². The summed E-state index contributed by atoms with van der Waals surface area (Å²) >= 11 is 3.41. The van der Waals surface area contributed by atoms with Gasteiger partial charge in [0.2, 0.25) is 5.91 Å². The van der Waals surface area contributed by atoms with Crippen LogP contribution in [0.4, 0.5) is 11.4 Å². The van der Waals surface area contributed by atoms with Gasteiger partial charge in [0.15, 0.2) is 0 Å². The first-order chi connectivity index (χ1) is 10.6. The molecule has 0 spiro atoms. The Morgan fingerprint density at radius 2 is 1.77 bits per heavy atom. The Balaban J connectivity index is 2.07. The number of benzene rings is 2. The Bertz CT molecular complexity index is 672. The Morgan fingerprint density at radius 3 is 2.41 bits per heavy atom. The van der Waals surface area contributed by atoms with E-state index in [0.29, 0.717) is 27.8 Å². The van der Waals surface area contributed by atoms with E-state index in [-0.39, 0.29) is 11.8 Å². The van der Waals surface area contributed by atoms with Crippen molar-refractivity contribution in [1.82, 2.24) is 0 Å². The molecule has 2 N–H and O–H groups in total. The van der Waals surface area contributed by atoms with Gasteiger partial charge in [0.1, 0.15) is 0 Å². The first-order valence-electron chi connectivity index (χ1n) is 7.06. The predicted molar refractivity (Wildman–Crippen MR) is 92.1 cm³/mol. The number of nitrogens with one attached hydrogen (secondary N) is 2. The third-order valence-electron chi connectivity index (χ3n) is 3.01. The zero-order chi connectivity index (χ0) is 15.9. The van der Waals surface area contributed by atoms with Crippen molar-refractivity contribution in [2.24, 2.45) is 0 Å². The normalized spacial score (nSPS) is 10.1. The molecule has 0 aromatic heterocycles. The van der Waals surface area contributed by atoms with Crippen LogP contribution in [0.3, 0.4) is 0 Å². The molecular formula is C17H17BrN2O2. The van der Waals surface area contributed by atoms with Crippen LogP contribution in [0.25, 0.3) is 0 Å². The van der Waals surface area contributed by atoms with Crippen LogP contribution in [-0.4, -0.2) is 11.8 Å². The SMILES string of the molecule is CCCC(=O)Nc1ccc(NC(=O)c2ccccc2)c(Br)c1. The molecule has 0 unspecified atom stereocenters. The van der Waals surface area contributed by atoms with Gasteiger partial charge in [0.25, 0.3) is 5.91 Å². The maximum absolute atomic E-state index is 12.1. The molecule has 0 aliphatic carbocycles. The molecule has 2 rings (SSSR count). The summed E-state index contributed by atoms with van der Waals surface area (Å²) in [6.07, 6.45) is 1.29. The molecule has 2 aromatic rings. The minimum atomic E-state index is -0.177. The molecule has 0 heterocycles. The lowest BCUT2D eigenvalue weighted by molar-refractivity contribution is -0.116. The van der Waals surface area contributed by atoms with Gasteiger partial charge in [0.05, 0.1) is 5.69 Å². The van der Waals surface area contributed by atoms with Crippen molar-refractivity contribution in [3.8, 4) is 0 Å². The Kier molecular flexibility index (Phi) is 5.72. The maximum Gasteiger partial charge on any atom is 0.255 e. The van der Waals surface area contributed by atoms with E-state index in [0.717, 1.165) is 6.42 Å². The molecule has 0 bridgehead atoms. The van der Waals surface area contributed by atoms with E-state index in [9.17, 15) is 9.59 Å². The van der Waals surface area contributed by atoms with Crippen molar-refractivity contribution in [3.63, 3.8) is 0 Å². The summed E-state index contributed by atoms with van der Waals surface area (Å²) < 4.78 is 0.714. The quantitative estimate of drug-likeness (QED) is 0.827. The second kappa shape index (κ2) is 7.75. The van der Waals surface area contributed by atoms with Crippen LogP contribution in [0, 0.1) is 0 Å². The Hall–Kier alpha value is -2.14. The highest BCUT2D eigenvalue weighted by atomic mass is 79.9. The van der Waals surface area contributed by atoms with Gasteiger partial charge in [-0.25, -0.2) is 0 Å². The molecule has 0 saturated heterocycles. The molecule has 0 saturated carbocycles. The monoisotopic (exact) mass is 360 g/mol. The third-order valence-corrected chi connectivity index (χ3v) is 3.67. The van der Waals surface area contributed by atoms with Crippen LogP contribution < -0.4 is 10.6 Å². The second-order valence-corrected chi connectivity index (χ2v) is 5.67. The van der Waals surface area contributed by atoms with Gasteiger partial charge in [-0.3, -0.25) is 9.59 Å². The van der Waals surface area contributed by atoms with Gasteiger partial charge < -0.3 is 10.6 Å². The predicted octanol–water partition coefficient (Wildman–Crippen LogP) is 4.44. The molecular weight excluding hydrogens is 344 g/mol. The molecule has 0 fully saturated rings. The standard InChI is InChI=1S/C17H17BrN2O2/c1-2-6-16(21)19-13-9-10-15(14(18)11-13)20-17(22)12-7-4-3-5-8-12/h3-5,7-11H,2,6H2,1H3,(H,19,21)(H,20,22). The molecule has 0 radical (unpaired) electrons. The fraction of sp³-hybridized carbons (Fsp3) is 0.176. The molecule has 0 aliphatic rings. The maximum atomic E-state index is 12.1. The second-order valence-electron chi connectivity index (χ2n) is 4.81. The smallest absolute Gasteiger partial charge is 0.255 e. The minimum Gasteiger partial charge on any atom is -0.326 e. The van der Waals surface area contributed by atoms with Crippen LogP contribution >= 0.6 is 15.9 Å². The summed E-state index contributed by atoms with van der Waals surface area (Å²) in [5, 5.41) is 5.65. The summed E-state index contributed by atoms with van der Waals surface area (Å²) in [5.74, 6) is -0.195. The Morgan fingerprint density at radius 1 is 1.05 bits per heavy atom. The number of amides is 2. The van der Waals surface area contributed by atoms with Crippen LogP contribution in [0.5, 0.6) is 0 Å². The summed E-state index contributed by atoms with van der Waals surface area (Å²) in [5.41, 5.74) is 1.94. The average molecular weight is 361 g/mol. The van der Waals surface area contributed by atoms with Crippen molar-refractivity contribution in [2.45, 2.75) is 19.8 Å². The summed E-state index contributed by atoms with van der Waals surface area (Å²) in [6.45, 7) is 1.96. The number of rotatable bonds is 5. The first-order valence-corrected chi connectivity index (χ1v) is 7.85. The van der Waals surface area contributed by atoms with E-state index < -0.39 is 0 Å². The van der Waals surface area contributed by atoms with Crippen LogP contribution in [0.15, 0.2) is 53.0 Å². The lowest BCUT2D eigenvalue weighted by Gasteiger charge is -2.10. The summed E-state index contributed by atoms with van der Waals surface area (Å²) in [6, 6.07) is 14.3. The third kappa shape index (κ3) is 4.43. The molecule has 0 aliphatic heterocycles. The van der Waals surface area contributed by atoms with E-state index in [1.165, 1.54) is 0 Å². The molecule has 2 amide bonds. The lowest BCUT2D eigenvalue weighted by Crippen LogP contribution is -2.13. The summed E-state index contributed by atoms with van der Waals surface area (Å²) in [4.78, 5) is 23.7. The van der Waals surface area contributed by atoms with Gasteiger partial charge in [0, 0.05) is 22.1 Å². The van der Waals surface area contributed by atoms with Gasteiger partial charge >= 0.3 is 0 Å². The van der Waals surface area contributed by atoms with Crippen LogP contribution in [-0.2, 0) is 4.79 Å². The van der Waals surface area contributed by atoms with E-state index in [4.69, 9.17) is 0 Å². The topological polar surface area (TPSA) is 58.2 Å². The van der Waals surface area contributed by atoms with E-state index in [2.05, 4.69) is 26.6 Å². The molecule has 4 nitrogen and oxygen atoms in total. The van der Waals surface area contributed by atoms with Gasteiger partial charge in [-0.15, -0.1) is 0 Å². The molecule has 2 aromatic carbocycles. The molecule has 22 heavy (non-hydrogen) atoms. The average Bonchev–Trinajstić information content (AvgIpc) is 2.51. The van der Waals surface area contributed by atoms with Crippen LogP contribution in [0.1, 0.15) is 30.1 Å². The number of carbonyl (C=O) groups is 2. The van der Waals surface area contributed by atoms with Crippen molar-refractivity contribution in [1.29, 1.82) is 0 Å². The van der Waals surface area contributed by atoms with E-state index >= 15 is 0 Å². The van der Waals surface area contributed by atoms with Gasteiger partial charge in [-0.2, -0.15) is 0 Å². The summed E-state index contributed by atoms with van der Waals surface area (Å²) in [7, 11) is 0. The molecule has 5 heteroatoms. The minimum absolute atomic E-state index is 0.0181. The first kappa shape index (κ1) is 16.2. The van der Waals surface area contributed by atoms with Gasteiger partial charge in [-0.05, 0) is 52.7 Å². The van der Waals surface area contributed by atoms with Crippen molar-refractivity contribution < 1.29 is 9.59 Å². The highest BCUT2D eigenvalue weighted by Gasteiger charge is 2.09. The fourth-order valence-electron chi connectivity index (χ4n) is 1.93. The van der Waals surface area contributed by atoms with Crippen molar-refractivity contribution >= 4 is 39.1 Å². The zero-order valence-corrected chi connectivity index (χ0v) is 13.8. The Labute approximate surface area is 138 Å². The van der Waals surface area contributed by atoms with Crippen LogP contribution in [0.2, 0.25) is 0 Å². The molecule has 0 atom stereocenters. The largest absolute Gasteiger partial charge is 0.326 e. The number of halogens is 1. The number of hydrogen-bond acceptors (Lipinski definition) is 2. The number of carbonyl (C=O) groups excluding carboxylic acids is 2. The van der Waals surface area contributed by atoms with Gasteiger partial charge in [-0.1, -0.05) is 25.1 Å². The lowest BCUT2D eigenvalue weighted by atomic mass is 10.2. The van der Waals surface area contributed by atoms with Crippen molar-refractivity contribution in [2.75, 3.05) is 10.6 Å².